The van der Waals surface area contributed by atoms with E-state index in [9.17, 15) is 4.79 Å². The Kier molecular flexibility index (Phi) is 5.61. The highest BCUT2D eigenvalue weighted by Crippen LogP contribution is 2.39. The highest BCUT2D eigenvalue weighted by atomic mass is 32.1. The average Bonchev–Trinajstić information content (AvgIpc) is 3.30. The van der Waals surface area contributed by atoms with Crippen LogP contribution in [0.5, 0.6) is 0 Å². The fourth-order valence-corrected chi connectivity index (χ4v) is 5.48. The van der Waals surface area contributed by atoms with Crippen LogP contribution in [-0.2, 0) is 4.79 Å². The number of aryl methyl sites for hydroxylation is 1. The number of amides is 1. The second kappa shape index (κ2) is 8.14. The topological polar surface area (TPSA) is 62.6 Å². The van der Waals surface area contributed by atoms with Crippen LogP contribution < -0.4 is 15.1 Å². The summed E-state index contributed by atoms with van der Waals surface area (Å²) < 4.78 is 0. The molecule has 4 rings (SSSR count). The molecule has 0 bridgehead atoms. The third-order valence-corrected chi connectivity index (χ3v) is 6.72. The van der Waals surface area contributed by atoms with Crippen molar-refractivity contribution < 1.29 is 9.69 Å². The van der Waals surface area contributed by atoms with Gasteiger partial charge in [-0.05, 0) is 32.2 Å². The zero-order valence-electron chi connectivity index (χ0n) is 16.5. The number of hydrogen-bond acceptors (Lipinski definition) is 6. The highest BCUT2D eigenvalue weighted by Gasteiger charge is 2.26. The molecule has 0 radical (unpaired) electrons. The van der Waals surface area contributed by atoms with Gasteiger partial charge < -0.3 is 15.1 Å². The lowest BCUT2D eigenvalue weighted by molar-refractivity contribution is -0.892. The summed E-state index contributed by atoms with van der Waals surface area (Å²) in [5, 5.41) is 8.47. The number of anilines is 1. The van der Waals surface area contributed by atoms with Gasteiger partial charge in [0.2, 0.25) is 0 Å². The summed E-state index contributed by atoms with van der Waals surface area (Å²) in [4.78, 5) is 27.6. The molecule has 8 heteroatoms. The van der Waals surface area contributed by atoms with Crippen molar-refractivity contribution in [1.82, 2.24) is 15.3 Å². The molecule has 0 saturated carbocycles. The number of carbonyl (C=O) groups excluding carboxylic acids is 1. The van der Waals surface area contributed by atoms with Crippen molar-refractivity contribution in [3.63, 3.8) is 0 Å². The summed E-state index contributed by atoms with van der Waals surface area (Å²) in [6.07, 6.45) is 0. The van der Waals surface area contributed by atoms with Gasteiger partial charge in [-0.1, -0.05) is 6.07 Å². The summed E-state index contributed by atoms with van der Waals surface area (Å²) in [6.45, 7) is 10.2. The van der Waals surface area contributed by atoms with E-state index in [-0.39, 0.29) is 11.9 Å². The van der Waals surface area contributed by atoms with Gasteiger partial charge in [0.25, 0.3) is 5.91 Å². The van der Waals surface area contributed by atoms with Gasteiger partial charge in [0.05, 0.1) is 31.6 Å². The van der Waals surface area contributed by atoms with E-state index >= 15 is 0 Å². The maximum Gasteiger partial charge on any atom is 0.275 e. The van der Waals surface area contributed by atoms with Gasteiger partial charge in [-0.25, -0.2) is 9.97 Å². The molecule has 0 aliphatic carbocycles. The standard InChI is InChI=1S/C20H25N5OS2/c1-13(2)21-17(26)11-24-6-8-25(9-7-24)19-18-15(16-5-4-10-27-16)12-28-20(18)23-14(3)22-19/h4-5,10,12-13H,6-9,11H2,1-3H3,(H,21,26)/p+1. The van der Waals surface area contributed by atoms with Gasteiger partial charge in [0.15, 0.2) is 6.54 Å². The number of fused-ring (bicyclic) bond motifs is 1. The van der Waals surface area contributed by atoms with Gasteiger partial charge in [-0.15, -0.1) is 22.7 Å². The number of thiophene rings is 2. The van der Waals surface area contributed by atoms with Crippen LogP contribution in [0.25, 0.3) is 20.7 Å². The molecule has 4 heterocycles. The largest absolute Gasteiger partial charge is 0.349 e. The Bertz CT molecular complexity index is 959. The average molecular weight is 417 g/mol. The first-order chi connectivity index (χ1) is 13.5. The van der Waals surface area contributed by atoms with E-state index in [1.54, 1.807) is 22.7 Å². The smallest absolute Gasteiger partial charge is 0.275 e. The van der Waals surface area contributed by atoms with Crippen LogP contribution in [0, 0.1) is 6.92 Å². The summed E-state index contributed by atoms with van der Waals surface area (Å²) in [7, 11) is 0. The molecule has 0 unspecified atom stereocenters. The third kappa shape index (κ3) is 4.04. The molecule has 148 valence electrons. The van der Waals surface area contributed by atoms with Gasteiger partial charge in [0, 0.05) is 21.9 Å². The van der Waals surface area contributed by atoms with Crippen LogP contribution in [0.2, 0.25) is 0 Å². The summed E-state index contributed by atoms with van der Waals surface area (Å²) in [5.41, 5.74) is 1.23. The third-order valence-electron chi connectivity index (χ3n) is 4.94. The van der Waals surface area contributed by atoms with Crippen LogP contribution in [0.3, 0.4) is 0 Å². The quantitative estimate of drug-likeness (QED) is 0.668. The zero-order valence-corrected chi connectivity index (χ0v) is 18.1. The van der Waals surface area contributed by atoms with Crippen molar-refractivity contribution in [3.8, 4) is 10.4 Å². The lowest BCUT2D eigenvalue weighted by Gasteiger charge is -2.33. The van der Waals surface area contributed by atoms with E-state index in [0.29, 0.717) is 6.54 Å². The molecule has 1 aliphatic rings. The second-order valence-corrected chi connectivity index (χ2v) is 9.34. The number of quaternary nitrogens is 1. The Balaban J connectivity index is 1.55. The zero-order chi connectivity index (χ0) is 19.7. The molecule has 0 atom stereocenters. The minimum Gasteiger partial charge on any atom is -0.349 e. The number of aromatic nitrogens is 2. The second-order valence-electron chi connectivity index (χ2n) is 7.54. The Labute approximate surface area is 173 Å². The highest BCUT2D eigenvalue weighted by molar-refractivity contribution is 7.18. The lowest BCUT2D eigenvalue weighted by atomic mass is 10.1. The van der Waals surface area contributed by atoms with Crippen LogP contribution >= 0.6 is 22.7 Å². The molecule has 1 amide bonds. The molecule has 0 aromatic carbocycles. The number of carbonyl (C=O) groups is 1. The fraction of sp³-hybridized carbons (Fsp3) is 0.450. The predicted molar refractivity (Wildman–Crippen MR) is 117 cm³/mol. The molecule has 28 heavy (non-hydrogen) atoms. The van der Waals surface area contributed by atoms with Crippen LogP contribution in [0.1, 0.15) is 19.7 Å². The molecule has 6 nitrogen and oxygen atoms in total. The molecule has 3 aromatic rings. The van der Waals surface area contributed by atoms with Crippen molar-refractivity contribution in [1.29, 1.82) is 0 Å². The molecule has 1 saturated heterocycles. The molecular weight excluding hydrogens is 390 g/mol. The molecule has 3 aromatic heterocycles. The summed E-state index contributed by atoms with van der Waals surface area (Å²) in [6, 6.07) is 4.44. The van der Waals surface area contributed by atoms with Crippen molar-refractivity contribution in [3.05, 3.63) is 28.7 Å². The Morgan fingerprint density at radius 2 is 2.07 bits per heavy atom. The molecule has 1 fully saturated rings. The van der Waals surface area contributed by atoms with Crippen molar-refractivity contribution in [2.45, 2.75) is 26.8 Å². The van der Waals surface area contributed by atoms with Gasteiger partial charge in [-0.2, -0.15) is 0 Å². The number of piperazine rings is 1. The van der Waals surface area contributed by atoms with E-state index in [1.165, 1.54) is 20.7 Å². The fourth-order valence-electron chi connectivity index (χ4n) is 3.68. The molecule has 2 N–H and O–H groups in total. The first-order valence-electron chi connectivity index (χ1n) is 9.69. The first-order valence-corrected chi connectivity index (χ1v) is 11.4. The number of nitrogens with zero attached hydrogens (tertiary/aromatic N) is 3. The van der Waals surface area contributed by atoms with Gasteiger partial charge in [-0.3, -0.25) is 4.79 Å². The number of hydrogen-bond donors (Lipinski definition) is 2. The maximum absolute atomic E-state index is 12.1. The van der Waals surface area contributed by atoms with E-state index in [0.717, 1.165) is 42.7 Å². The van der Waals surface area contributed by atoms with Crippen LogP contribution in [0.15, 0.2) is 22.9 Å². The van der Waals surface area contributed by atoms with Crippen molar-refractivity contribution >= 4 is 44.6 Å². The lowest BCUT2D eigenvalue weighted by Crippen LogP contribution is -3.16. The van der Waals surface area contributed by atoms with Crippen LogP contribution in [-0.4, -0.2) is 54.6 Å². The minimum atomic E-state index is 0.136. The molecular formula is C20H26N5OS2+. The SMILES string of the molecule is Cc1nc(N2CC[NH+](CC(=O)NC(C)C)CC2)c2c(-c3cccs3)csc2n1. The van der Waals surface area contributed by atoms with Gasteiger partial charge in [0.1, 0.15) is 16.5 Å². The van der Waals surface area contributed by atoms with Crippen molar-refractivity contribution in [2.75, 3.05) is 37.6 Å². The van der Waals surface area contributed by atoms with Crippen LogP contribution in [0.4, 0.5) is 5.82 Å². The maximum atomic E-state index is 12.1. The monoisotopic (exact) mass is 416 g/mol. The first kappa shape index (κ1) is 19.3. The van der Waals surface area contributed by atoms with E-state index in [1.807, 2.05) is 20.8 Å². The predicted octanol–water partition coefficient (Wildman–Crippen LogP) is 1.96. The minimum absolute atomic E-state index is 0.136. The molecule has 0 spiro atoms. The summed E-state index contributed by atoms with van der Waals surface area (Å²) in [5.74, 6) is 1.99. The Morgan fingerprint density at radius 3 is 2.75 bits per heavy atom. The van der Waals surface area contributed by atoms with Gasteiger partial charge >= 0.3 is 0 Å². The number of nitrogens with one attached hydrogen (secondary N) is 2. The van der Waals surface area contributed by atoms with E-state index < -0.39 is 0 Å². The van der Waals surface area contributed by atoms with E-state index in [2.05, 4.69) is 38.1 Å². The molecule has 1 aliphatic heterocycles. The normalized spacial score (nSPS) is 15.5. The Hall–Kier alpha value is -2.03. The number of rotatable bonds is 5. The Morgan fingerprint density at radius 1 is 1.29 bits per heavy atom. The summed E-state index contributed by atoms with van der Waals surface area (Å²) >= 11 is 3.44. The van der Waals surface area contributed by atoms with Crippen molar-refractivity contribution in [2.24, 2.45) is 0 Å². The van der Waals surface area contributed by atoms with E-state index in [4.69, 9.17) is 4.98 Å².